The molecule has 0 aliphatic heterocycles. The summed E-state index contributed by atoms with van der Waals surface area (Å²) in [5.41, 5.74) is 6.03. The van der Waals surface area contributed by atoms with Gasteiger partial charge in [-0.25, -0.2) is 0 Å². The summed E-state index contributed by atoms with van der Waals surface area (Å²) >= 11 is 0. The monoisotopic (exact) mass is 253 g/mol. The van der Waals surface area contributed by atoms with E-state index in [1.165, 1.54) is 7.11 Å². The molecule has 0 saturated heterocycles. The van der Waals surface area contributed by atoms with Gasteiger partial charge in [-0.15, -0.1) is 0 Å². The second-order valence-corrected chi connectivity index (χ2v) is 4.17. The molecule has 0 heterocycles. The van der Waals surface area contributed by atoms with Gasteiger partial charge in [-0.3, -0.25) is 4.79 Å². The summed E-state index contributed by atoms with van der Waals surface area (Å²) in [5.74, 6) is -0.848. The van der Waals surface area contributed by atoms with Gasteiger partial charge in [0, 0.05) is 6.54 Å². The van der Waals surface area contributed by atoms with E-state index in [1.807, 2.05) is 13.8 Å². The van der Waals surface area contributed by atoms with Crippen LogP contribution in [0, 0.1) is 0 Å². The molecule has 1 aromatic carbocycles. The molecule has 0 aliphatic rings. The fourth-order valence-electron chi connectivity index (χ4n) is 1.74. The molecule has 5 heteroatoms. The lowest BCUT2D eigenvalue weighted by molar-refractivity contribution is -0.138. The van der Waals surface area contributed by atoms with Crippen molar-refractivity contribution >= 4 is 5.97 Å². The highest BCUT2D eigenvalue weighted by Gasteiger charge is 2.26. The lowest BCUT2D eigenvalue weighted by atomic mass is 9.97. The number of benzene rings is 1. The lowest BCUT2D eigenvalue weighted by Crippen LogP contribution is -2.23. The summed E-state index contributed by atoms with van der Waals surface area (Å²) in [7, 11) is 1.49. The fourth-order valence-corrected chi connectivity index (χ4v) is 1.74. The molecule has 1 aromatic rings. The van der Waals surface area contributed by atoms with Crippen LogP contribution in [0.25, 0.3) is 0 Å². The van der Waals surface area contributed by atoms with E-state index >= 15 is 0 Å². The van der Waals surface area contributed by atoms with E-state index < -0.39 is 11.9 Å². The topological polar surface area (TPSA) is 81.8 Å². The maximum absolute atomic E-state index is 11.2. The third-order valence-corrected chi connectivity index (χ3v) is 2.49. The number of carboxylic acid groups (broad SMARTS) is 1. The van der Waals surface area contributed by atoms with Crippen molar-refractivity contribution in [3.8, 4) is 11.5 Å². The average Bonchev–Trinajstić information content (AvgIpc) is 2.30. The summed E-state index contributed by atoms with van der Waals surface area (Å²) < 4.78 is 10.8. The molecular formula is C13H19NO4. The van der Waals surface area contributed by atoms with Crippen LogP contribution in [-0.2, 0) is 4.79 Å². The van der Waals surface area contributed by atoms with Crippen LogP contribution in [-0.4, -0.2) is 30.8 Å². The number of methoxy groups -OCH3 is 1. The minimum absolute atomic E-state index is 0.00976. The summed E-state index contributed by atoms with van der Waals surface area (Å²) in [4.78, 5) is 11.2. The number of rotatable bonds is 6. The first-order valence-electron chi connectivity index (χ1n) is 5.77. The highest BCUT2D eigenvalue weighted by molar-refractivity contribution is 5.79. The van der Waals surface area contributed by atoms with E-state index in [1.54, 1.807) is 18.2 Å². The van der Waals surface area contributed by atoms with E-state index in [0.717, 1.165) is 0 Å². The van der Waals surface area contributed by atoms with Gasteiger partial charge in [-0.2, -0.15) is 0 Å². The molecule has 100 valence electrons. The maximum Gasteiger partial charge on any atom is 0.312 e. The molecule has 0 fully saturated rings. The van der Waals surface area contributed by atoms with Gasteiger partial charge in [0.2, 0.25) is 0 Å². The van der Waals surface area contributed by atoms with Crippen LogP contribution >= 0.6 is 0 Å². The summed E-state index contributed by atoms with van der Waals surface area (Å²) in [6.07, 6.45) is -0.0527. The van der Waals surface area contributed by atoms with Gasteiger partial charge < -0.3 is 20.3 Å². The van der Waals surface area contributed by atoms with Gasteiger partial charge in [0.1, 0.15) is 17.4 Å². The predicted molar refractivity (Wildman–Crippen MR) is 68.2 cm³/mol. The molecule has 0 bridgehead atoms. The minimum atomic E-state index is -0.990. The average molecular weight is 253 g/mol. The summed E-state index contributed by atoms with van der Waals surface area (Å²) in [6.45, 7) is 3.74. The van der Waals surface area contributed by atoms with Crippen molar-refractivity contribution in [2.24, 2.45) is 5.73 Å². The third kappa shape index (κ3) is 3.13. The molecule has 18 heavy (non-hydrogen) atoms. The molecule has 0 amide bonds. The Hall–Kier alpha value is -1.75. The van der Waals surface area contributed by atoms with E-state index in [4.69, 9.17) is 15.2 Å². The van der Waals surface area contributed by atoms with Crippen molar-refractivity contribution in [2.45, 2.75) is 25.9 Å². The molecule has 0 aliphatic carbocycles. The number of aliphatic carboxylic acids is 1. The molecule has 0 radical (unpaired) electrons. The third-order valence-electron chi connectivity index (χ3n) is 2.49. The molecule has 1 rings (SSSR count). The number of ether oxygens (including phenoxy) is 2. The normalized spacial score (nSPS) is 12.3. The van der Waals surface area contributed by atoms with Gasteiger partial charge in [0.15, 0.2) is 0 Å². The Labute approximate surface area is 107 Å². The van der Waals surface area contributed by atoms with E-state index in [9.17, 15) is 9.90 Å². The Morgan fingerprint density at radius 2 is 2.00 bits per heavy atom. The van der Waals surface area contributed by atoms with Crippen LogP contribution in [0.2, 0.25) is 0 Å². The van der Waals surface area contributed by atoms with Gasteiger partial charge in [-0.05, 0) is 26.0 Å². The largest absolute Gasteiger partial charge is 0.496 e. The maximum atomic E-state index is 11.2. The first-order valence-corrected chi connectivity index (χ1v) is 5.77. The van der Waals surface area contributed by atoms with Gasteiger partial charge in [-0.1, -0.05) is 6.07 Å². The molecule has 0 spiro atoms. The lowest BCUT2D eigenvalue weighted by Gasteiger charge is -2.20. The number of carbonyl (C=O) groups is 1. The van der Waals surface area contributed by atoms with Gasteiger partial charge in [0.05, 0.1) is 18.8 Å². The smallest absolute Gasteiger partial charge is 0.312 e. The Bertz CT molecular complexity index is 417. The van der Waals surface area contributed by atoms with Crippen molar-refractivity contribution in [2.75, 3.05) is 13.7 Å². The van der Waals surface area contributed by atoms with Crippen molar-refractivity contribution in [1.29, 1.82) is 0 Å². The van der Waals surface area contributed by atoms with Crippen molar-refractivity contribution in [3.05, 3.63) is 23.8 Å². The molecular weight excluding hydrogens is 234 g/mol. The first-order chi connectivity index (χ1) is 8.51. The molecule has 0 aromatic heterocycles. The van der Waals surface area contributed by atoms with Crippen molar-refractivity contribution < 1.29 is 19.4 Å². The molecule has 5 nitrogen and oxygen atoms in total. The quantitative estimate of drug-likeness (QED) is 0.805. The van der Waals surface area contributed by atoms with Crippen molar-refractivity contribution in [1.82, 2.24) is 0 Å². The van der Waals surface area contributed by atoms with Crippen molar-refractivity contribution in [3.63, 3.8) is 0 Å². The molecule has 0 saturated carbocycles. The molecule has 1 unspecified atom stereocenters. The summed E-state index contributed by atoms with van der Waals surface area (Å²) in [6, 6.07) is 5.19. The van der Waals surface area contributed by atoms with Crippen LogP contribution in [0.4, 0.5) is 0 Å². The summed E-state index contributed by atoms with van der Waals surface area (Å²) in [5, 5.41) is 9.21. The highest BCUT2D eigenvalue weighted by Crippen LogP contribution is 2.35. The zero-order valence-electron chi connectivity index (χ0n) is 10.8. The Balaban J connectivity index is 3.30. The minimum Gasteiger partial charge on any atom is -0.496 e. The standard InChI is InChI=1S/C13H19NO4/c1-8(2)18-11-6-4-5-10(17-3)12(11)9(7-14)13(15)16/h4-6,8-9H,7,14H2,1-3H3,(H,15,16). The van der Waals surface area contributed by atoms with Gasteiger partial charge >= 0.3 is 5.97 Å². The number of hydrogen-bond donors (Lipinski definition) is 2. The number of carboxylic acids is 1. The SMILES string of the molecule is COc1cccc(OC(C)C)c1C(CN)C(=O)O. The van der Waals surface area contributed by atoms with Gasteiger partial charge in [0.25, 0.3) is 0 Å². The first kappa shape index (κ1) is 14.3. The Kier molecular flexibility index (Phi) is 4.97. The number of nitrogens with two attached hydrogens (primary N) is 1. The Morgan fingerprint density at radius 3 is 2.44 bits per heavy atom. The predicted octanol–water partition coefficient (Wildman–Crippen LogP) is 1.61. The van der Waals surface area contributed by atoms with Crippen LogP contribution in [0.15, 0.2) is 18.2 Å². The molecule has 3 N–H and O–H groups in total. The fraction of sp³-hybridized carbons (Fsp3) is 0.462. The second-order valence-electron chi connectivity index (χ2n) is 4.17. The second kappa shape index (κ2) is 6.26. The van der Waals surface area contributed by atoms with E-state index in [-0.39, 0.29) is 12.6 Å². The number of hydrogen-bond acceptors (Lipinski definition) is 4. The highest BCUT2D eigenvalue weighted by atomic mass is 16.5. The zero-order valence-corrected chi connectivity index (χ0v) is 10.8. The van der Waals surface area contributed by atoms with Crippen LogP contribution < -0.4 is 15.2 Å². The van der Waals surface area contributed by atoms with Crippen LogP contribution in [0.3, 0.4) is 0 Å². The van der Waals surface area contributed by atoms with Crippen LogP contribution in [0.1, 0.15) is 25.3 Å². The molecule has 1 atom stereocenters. The van der Waals surface area contributed by atoms with E-state index in [0.29, 0.717) is 17.1 Å². The van der Waals surface area contributed by atoms with E-state index in [2.05, 4.69) is 0 Å². The Morgan fingerprint density at radius 1 is 1.39 bits per heavy atom. The van der Waals surface area contributed by atoms with Crippen LogP contribution in [0.5, 0.6) is 11.5 Å². The zero-order chi connectivity index (χ0) is 13.7.